The van der Waals surface area contributed by atoms with Crippen LogP contribution in [0.3, 0.4) is 0 Å². The summed E-state index contributed by atoms with van der Waals surface area (Å²) < 4.78 is 1.94. The van der Waals surface area contributed by atoms with Crippen LogP contribution in [0, 0.1) is 0 Å². The molecule has 0 amide bonds. The molecule has 0 atom stereocenters. The zero-order valence-electron chi connectivity index (χ0n) is 7.72. The zero-order valence-corrected chi connectivity index (χ0v) is 7.72. The van der Waals surface area contributed by atoms with Crippen molar-refractivity contribution in [2.45, 2.75) is 13.0 Å². The molecule has 2 heterocycles. The molecule has 0 radical (unpaired) electrons. The van der Waals surface area contributed by atoms with E-state index in [1.54, 1.807) is 6.33 Å². The predicted molar refractivity (Wildman–Crippen MR) is 54.5 cm³/mol. The number of hydrogen-bond donors (Lipinski definition) is 1. The lowest BCUT2D eigenvalue weighted by molar-refractivity contribution is 0.731. The standard InChI is InChI=1S/C9H11N5/c1-2-3-4-14-6-13-9-7(14)8(10)11-5-12-9/h2,5-6H,1,3-4H2,(H2,10,11,12). The Balaban J connectivity index is 2.50. The summed E-state index contributed by atoms with van der Waals surface area (Å²) >= 11 is 0. The number of fused-ring (bicyclic) bond motifs is 1. The molecule has 5 heteroatoms. The van der Waals surface area contributed by atoms with Gasteiger partial charge in [0.2, 0.25) is 0 Å². The van der Waals surface area contributed by atoms with E-state index in [2.05, 4.69) is 21.5 Å². The highest BCUT2D eigenvalue weighted by Gasteiger charge is 2.06. The van der Waals surface area contributed by atoms with E-state index in [1.165, 1.54) is 6.33 Å². The third kappa shape index (κ3) is 1.32. The fraction of sp³-hybridized carbons (Fsp3) is 0.222. The van der Waals surface area contributed by atoms with Crippen LogP contribution in [-0.2, 0) is 6.54 Å². The molecule has 0 aliphatic rings. The highest BCUT2D eigenvalue weighted by atomic mass is 15.1. The van der Waals surface area contributed by atoms with Gasteiger partial charge in [0.15, 0.2) is 11.5 Å². The van der Waals surface area contributed by atoms with Crippen molar-refractivity contribution < 1.29 is 0 Å². The number of aromatic nitrogens is 4. The molecule has 2 aromatic rings. The lowest BCUT2D eigenvalue weighted by Gasteiger charge is -2.01. The second-order valence-corrected chi connectivity index (χ2v) is 2.95. The van der Waals surface area contributed by atoms with Crippen molar-refractivity contribution in [3.8, 4) is 0 Å². The minimum atomic E-state index is 0.469. The summed E-state index contributed by atoms with van der Waals surface area (Å²) in [5, 5.41) is 0. The molecule has 72 valence electrons. The van der Waals surface area contributed by atoms with Gasteiger partial charge in [-0.05, 0) is 6.42 Å². The largest absolute Gasteiger partial charge is 0.382 e. The van der Waals surface area contributed by atoms with Gasteiger partial charge >= 0.3 is 0 Å². The topological polar surface area (TPSA) is 69.6 Å². The first-order valence-electron chi connectivity index (χ1n) is 4.35. The Morgan fingerprint density at radius 2 is 2.29 bits per heavy atom. The molecular weight excluding hydrogens is 178 g/mol. The number of allylic oxidation sites excluding steroid dienone is 1. The van der Waals surface area contributed by atoms with E-state index in [4.69, 9.17) is 5.73 Å². The average molecular weight is 189 g/mol. The van der Waals surface area contributed by atoms with Gasteiger partial charge < -0.3 is 10.3 Å². The maximum atomic E-state index is 5.74. The van der Waals surface area contributed by atoms with Crippen LogP contribution in [0.1, 0.15) is 6.42 Å². The van der Waals surface area contributed by atoms with Crippen LogP contribution in [0.25, 0.3) is 11.2 Å². The molecule has 0 bridgehead atoms. The summed E-state index contributed by atoms with van der Waals surface area (Å²) in [4.78, 5) is 12.1. The smallest absolute Gasteiger partial charge is 0.182 e. The van der Waals surface area contributed by atoms with Gasteiger partial charge in [0, 0.05) is 6.54 Å². The summed E-state index contributed by atoms with van der Waals surface area (Å²) in [5.74, 6) is 0.469. The van der Waals surface area contributed by atoms with Gasteiger partial charge in [0.1, 0.15) is 11.8 Å². The quantitative estimate of drug-likeness (QED) is 0.731. The molecule has 0 saturated heterocycles. The van der Waals surface area contributed by atoms with Gasteiger partial charge in [-0.15, -0.1) is 6.58 Å². The van der Waals surface area contributed by atoms with Crippen LogP contribution < -0.4 is 5.73 Å². The van der Waals surface area contributed by atoms with Gasteiger partial charge in [0.25, 0.3) is 0 Å². The van der Waals surface area contributed by atoms with Crippen LogP contribution in [0.4, 0.5) is 5.82 Å². The number of anilines is 1. The Hall–Kier alpha value is -1.91. The van der Waals surface area contributed by atoms with E-state index in [9.17, 15) is 0 Å². The molecule has 5 nitrogen and oxygen atoms in total. The van der Waals surface area contributed by atoms with Crippen LogP contribution in [0.15, 0.2) is 25.3 Å². The van der Waals surface area contributed by atoms with Crippen LogP contribution in [-0.4, -0.2) is 19.5 Å². The molecule has 2 rings (SSSR count). The molecule has 0 fully saturated rings. The van der Waals surface area contributed by atoms with Gasteiger partial charge in [-0.3, -0.25) is 0 Å². The van der Waals surface area contributed by atoms with E-state index in [-0.39, 0.29) is 0 Å². The van der Waals surface area contributed by atoms with Crippen molar-refractivity contribution in [1.29, 1.82) is 0 Å². The fourth-order valence-corrected chi connectivity index (χ4v) is 1.33. The van der Waals surface area contributed by atoms with Crippen molar-refractivity contribution in [3.05, 3.63) is 25.3 Å². The highest BCUT2D eigenvalue weighted by Crippen LogP contribution is 2.15. The lowest BCUT2D eigenvalue weighted by Crippen LogP contribution is -2.00. The number of aryl methyl sites for hydroxylation is 1. The number of imidazole rings is 1. The molecule has 0 aromatic carbocycles. The fourth-order valence-electron chi connectivity index (χ4n) is 1.33. The average Bonchev–Trinajstić information content (AvgIpc) is 2.59. The van der Waals surface area contributed by atoms with Crippen molar-refractivity contribution in [1.82, 2.24) is 19.5 Å². The van der Waals surface area contributed by atoms with Crippen molar-refractivity contribution in [3.63, 3.8) is 0 Å². The minimum absolute atomic E-state index is 0.469. The monoisotopic (exact) mass is 189 g/mol. The Bertz CT molecular complexity index is 459. The number of nitrogens with zero attached hydrogens (tertiary/aromatic N) is 4. The van der Waals surface area contributed by atoms with Gasteiger partial charge in [0.05, 0.1) is 6.33 Å². The van der Waals surface area contributed by atoms with Crippen LogP contribution >= 0.6 is 0 Å². The molecular formula is C9H11N5. The zero-order chi connectivity index (χ0) is 9.97. The van der Waals surface area contributed by atoms with E-state index >= 15 is 0 Å². The van der Waals surface area contributed by atoms with Crippen molar-refractivity contribution in [2.75, 3.05) is 5.73 Å². The van der Waals surface area contributed by atoms with E-state index in [0.29, 0.717) is 11.5 Å². The van der Waals surface area contributed by atoms with Gasteiger partial charge in [-0.25, -0.2) is 15.0 Å². The summed E-state index contributed by atoms with van der Waals surface area (Å²) in [6.45, 7) is 4.47. The van der Waals surface area contributed by atoms with Crippen molar-refractivity contribution in [2.24, 2.45) is 0 Å². The molecule has 0 spiro atoms. The maximum absolute atomic E-state index is 5.74. The van der Waals surface area contributed by atoms with E-state index in [1.807, 2.05) is 10.6 Å². The first-order chi connectivity index (χ1) is 6.83. The molecule has 14 heavy (non-hydrogen) atoms. The minimum Gasteiger partial charge on any atom is -0.382 e. The SMILES string of the molecule is C=CCCn1cnc2ncnc(N)c21. The molecule has 0 unspecified atom stereocenters. The number of nitrogen functional groups attached to an aromatic ring is 1. The Morgan fingerprint density at radius 3 is 3.07 bits per heavy atom. The van der Waals surface area contributed by atoms with Crippen molar-refractivity contribution >= 4 is 17.0 Å². The molecule has 2 N–H and O–H groups in total. The number of nitrogens with two attached hydrogens (primary N) is 1. The first kappa shape index (κ1) is 8.68. The summed E-state index contributed by atoms with van der Waals surface area (Å²) in [6.07, 6.45) is 5.87. The summed E-state index contributed by atoms with van der Waals surface area (Å²) in [5.41, 5.74) is 7.18. The maximum Gasteiger partial charge on any atom is 0.182 e. The lowest BCUT2D eigenvalue weighted by atomic mass is 10.4. The van der Waals surface area contributed by atoms with E-state index in [0.717, 1.165) is 18.5 Å². The second kappa shape index (κ2) is 3.45. The first-order valence-corrected chi connectivity index (χ1v) is 4.35. The Morgan fingerprint density at radius 1 is 1.43 bits per heavy atom. The third-order valence-electron chi connectivity index (χ3n) is 2.01. The predicted octanol–water partition coefficient (Wildman–Crippen LogP) is 0.985. The molecule has 0 saturated carbocycles. The molecule has 2 aromatic heterocycles. The molecule has 0 aliphatic carbocycles. The summed E-state index contributed by atoms with van der Waals surface area (Å²) in [7, 11) is 0. The van der Waals surface area contributed by atoms with Crippen LogP contribution in [0.5, 0.6) is 0 Å². The normalized spacial score (nSPS) is 10.6. The Kier molecular flexibility index (Phi) is 2.14. The molecule has 0 aliphatic heterocycles. The Labute approximate surface area is 81.3 Å². The second-order valence-electron chi connectivity index (χ2n) is 2.95. The number of hydrogen-bond acceptors (Lipinski definition) is 4. The highest BCUT2D eigenvalue weighted by molar-refractivity contribution is 5.81. The van der Waals surface area contributed by atoms with Crippen LogP contribution in [0.2, 0.25) is 0 Å². The number of rotatable bonds is 3. The summed E-state index contributed by atoms with van der Waals surface area (Å²) in [6, 6.07) is 0. The van der Waals surface area contributed by atoms with E-state index < -0.39 is 0 Å². The van der Waals surface area contributed by atoms with Gasteiger partial charge in [-0.1, -0.05) is 6.08 Å². The van der Waals surface area contributed by atoms with Gasteiger partial charge in [-0.2, -0.15) is 0 Å². The third-order valence-corrected chi connectivity index (χ3v) is 2.01.